The van der Waals surface area contributed by atoms with E-state index >= 15 is 0 Å². The highest BCUT2D eigenvalue weighted by Crippen LogP contribution is 2.16. The first kappa shape index (κ1) is 13.0. The minimum Gasteiger partial charge on any atom is -0.387 e. The van der Waals surface area contributed by atoms with Crippen molar-refractivity contribution in [2.75, 3.05) is 26.7 Å². The van der Waals surface area contributed by atoms with E-state index in [0.29, 0.717) is 18.5 Å². The molecule has 4 nitrogen and oxygen atoms in total. The molecule has 5 heteroatoms. The van der Waals surface area contributed by atoms with Gasteiger partial charge in [-0.1, -0.05) is 6.07 Å². The van der Waals surface area contributed by atoms with Crippen molar-refractivity contribution in [2.24, 2.45) is 0 Å². The van der Waals surface area contributed by atoms with Crippen LogP contribution in [0.2, 0.25) is 0 Å². The van der Waals surface area contributed by atoms with Gasteiger partial charge in [-0.3, -0.25) is 4.79 Å². The molecule has 0 saturated carbocycles. The highest BCUT2D eigenvalue weighted by molar-refractivity contribution is 5.94. The number of hydrogen-bond acceptors (Lipinski definition) is 3. The maximum atomic E-state index is 13.0. The zero-order valence-corrected chi connectivity index (χ0v) is 10.3. The number of rotatable bonds is 3. The molecule has 0 aliphatic carbocycles. The van der Waals surface area contributed by atoms with Gasteiger partial charge in [0.15, 0.2) is 0 Å². The van der Waals surface area contributed by atoms with Crippen LogP contribution in [-0.2, 0) is 0 Å². The molecular weight excluding hydrogens is 235 g/mol. The number of carbonyl (C=O) groups is 1. The summed E-state index contributed by atoms with van der Waals surface area (Å²) in [6.45, 7) is 1.47. The second-order valence-electron chi connectivity index (χ2n) is 4.82. The van der Waals surface area contributed by atoms with Crippen LogP contribution in [0.25, 0.3) is 0 Å². The summed E-state index contributed by atoms with van der Waals surface area (Å²) >= 11 is 0. The van der Waals surface area contributed by atoms with E-state index in [9.17, 15) is 14.3 Å². The summed E-state index contributed by atoms with van der Waals surface area (Å²) in [6, 6.07) is 5.57. The Morgan fingerprint density at radius 2 is 2.39 bits per heavy atom. The lowest BCUT2D eigenvalue weighted by Gasteiger charge is -2.28. The Kier molecular flexibility index (Phi) is 3.63. The maximum absolute atomic E-state index is 13.0. The minimum absolute atomic E-state index is 0.245. The number of nitrogens with one attached hydrogen (secondary N) is 1. The molecule has 1 saturated heterocycles. The molecule has 1 aliphatic heterocycles. The smallest absolute Gasteiger partial charge is 0.253 e. The van der Waals surface area contributed by atoms with E-state index in [1.165, 1.54) is 23.1 Å². The number of nitrogens with zero attached hydrogens (tertiary/aromatic N) is 1. The first-order valence-electron chi connectivity index (χ1n) is 5.94. The summed E-state index contributed by atoms with van der Waals surface area (Å²) in [4.78, 5) is 13.5. The molecular formula is C13H17FN2O2. The first-order chi connectivity index (χ1) is 8.50. The molecule has 0 aromatic heterocycles. The van der Waals surface area contributed by atoms with Gasteiger partial charge < -0.3 is 15.3 Å². The summed E-state index contributed by atoms with van der Waals surface area (Å²) in [7, 11) is 1.61. The summed E-state index contributed by atoms with van der Waals surface area (Å²) in [5.74, 6) is -0.717. The fourth-order valence-corrected chi connectivity index (χ4v) is 2.22. The van der Waals surface area contributed by atoms with Crippen LogP contribution in [0.3, 0.4) is 0 Å². The summed E-state index contributed by atoms with van der Waals surface area (Å²) in [5.41, 5.74) is -0.579. The Bertz CT molecular complexity index is 444. The molecule has 18 heavy (non-hydrogen) atoms. The number of halogens is 1. The lowest BCUT2D eigenvalue weighted by Crippen LogP contribution is -2.45. The van der Waals surface area contributed by atoms with Gasteiger partial charge in [-0.25, -0.2) is 4.39 Å². The molecule has 2 rings (SSSR count). The predicted molar refractivity (Wildman–Crippen MR) is 65.8 cm³/mol. The Balaban J connectivity index is 2.04. The molecule has 0 bridgehead atoms. The molecule has 1 atom stereocenters. The average molecular weight is 252 g/mol. The third kappa shape index (κ3) is 2.86. The van der Waals surface area contributed by atoms with Crippen LogP contribution in [-0.4, -0.2) is 48.2 Å². The van der Waals surface area contributed by atoms with Gasteiger partial charge >= 0.3 is 0 Å². The average Bonchev–Trinajstić information content (AvgIpc) is 2.74. The predicted octanol–water partition coefficient (Wildman–Crippen LogP) is 0.622. The van der Waals surface area contributed by atoms with E-state index in [1.807, 2.05) is 0 Å². The van der Waals surface area contributed by atoms with E-state index in [0.717, 1.165) is 6.54 Å². The van der Waals surface area contributed by atoms with Gasteiger partial charge in [-0.2, -0.15) is 0 Å². The first-order valence-corrected chi connectivity index (χ1v) is 5.94. The van der Waals surface area contributed by atoms with Crippen LogP contribution in [0.1, 0.15) is 16.8 Å². The van der Waals surface area contributed by atoms with Gasteiger partial charge in [0.2, 0.25) is 0 Å². The van der Waals surface area contributed by atoms with Crippen molar-refractivity contribution in [2.45, 2.75) is 12.0 Å². The summed E-state index contributed by atoms with van der Waals surface area (Å²) in [6.07, 6.45) is 0.619. The second kappa shape index (κ2) is 5.04. The number of hydrogen-bond donors (Lipinski definition) is 2. The van der Waals surface area contributed by atoms with Gasteiger partial charge in [0, 0.05) is 19.2 Å². The quantitative estimate of drug-likeness (QED) is 0.829. The zero-order valence-electron chi connectivity index (χ0n) is 10.3. The van der Waals surface area contributed by atoms with Gasteiger partial charge in [0.25, 0.3) is 5.91 Å². The Morgan fingerprint density at radius 1 is 1.61 bits per heavy atom. The summed E-state index contributed by atoms with van der Waals surface area (Å²) < 4.78 is 13.0. The molecule has 98 valence electrons. The molecule has 1 heterocycles. The van der Waals surface area contributed by atoms with Crippen molar-refractivity contribution >= 4 is 5.91 Å². The molecule has 1 aliphatic rings. The van der Waals surface area contributed by atoms with Crippen LogP contribution in [0.5, 0.6) is 0 Å². The molecule has 1 unspecified atom stereocenters. The molecule has 0 radical (unpaired) electrons. The van der Waals surface area contributed by atoms with Crippen LogP contribution in [0, 0.1) is 5.82 Å². The largest absolute Gasteiger partial charge is 0.387 e. The van der Waals surface area contributed by atoms with Crippen molar-refractivity contribution < 1.29 is 14.3 Å². The van der Waals surface area contributed by atoms with Crippen LogP contribution >= 0.6 is 0 Å². The zero-order chi connectivity index (χ0) is 13.2. The topological polar surface area (TPSA) is 52.6 Å². The Hall–Kier alpha value is -1.46. The van der Waals surface area contributed by atoms with E-state index in [4.69, 9.17) is 0 Å². The standard InChI is InChI=1S/C13H17FN2O2/c1-16(9-13(18)5-6-15-8-13)12(17)10-3-2-4-11(14)7-10/h2-4,7,15,18H,5-6,8-9H2,1H3. The molecule has 2 N–H and O–H groups in total. The van der Waals surface area contributed by atoms with Crippen molar-refractivity contribution in [3.05, 3.63) is 35.6 Å². The van der Waals surface area contributed by atoms with Gasteiger partial charge in [0.05, 0.1) is 12.1 Å². The molecule has 1 fully saturated rings. The van der Waals surface area contributed by atoms with Crippen LogP contribution < -0.4 is 5.32 Å². The lowest BCUT2D eigenvalue weighted by atomic mass is 10.0. The van der Waals surface area contributed by atoms with Crippen LogP contribution in [0.4, 0.5) is 4.39 Å². The molecule has 1 aromatic rings. The SMILES string of the molecule is CN(CC1(O)CCNC1)C(=O)c1cccc(F)c1. The number of amides is 1. The fraction of sp³-hybridized carbons (Fsp3) is 0.462. The number of β-amino-alcohol motifs (C(OH)–C–C–N with tert-alkyl or cyclic N) is 1. The van der Waals surface area contributed by atoms with Gasteiger partial charge in [0.1, 0.15) is 5.82 Å². The maximum Gasteiger partial charge on any atom is 0.253 e. The molecule has 1 aromatic carbocycles. The highest BCUT2D eigenvalue weighted by Gasteiger charge is 2.33. The summed E-state index contributed by atoms with van der Waals surface area (Å²) in [5, 5.41) is 13.2. The third-order valence-corrected chi connectivity index (χ3v) is 3.17. The van der Waals surface area contributed by atoms with E-state index in [2.05, 4.69) is 5.32 Å². The van der Waals surface area contributed by atoms with E-state index < -0.39 is 11.4 Å². The fourth-order valence-electron chi connectivity index (χ4n) is 2.22. The normalized spacial score (nSPS) is 23.1. The van der Waals surface area contributed by atoms with Crippen molar-refractivity contribution in [3.8, 4) is 0 Å². The minimum atomic E-state index is -0.877. The monoisotopic (exact) mass is 252 g/mol. The Morgan fingerprint density at radius 3 is 3.00 bits per heavy atom. The van der Waals surface area contributed by atoms with Crippen molar-refractivity contribution in [1.29, 1.82) is 0 Å². The molecule has 1 amide bonds. The van der Waals surface area contributed by atoms with Crippen molar-refractivity contribution in [1.82, 2.24) is 10.2 Å². The van der Waals surface area contributed by atoms with Gasteiger partial charge in [-0.15, -0.1) is 0 Å². The number of likely N-dealkylation sites (N-methyl/N-ethyl adjacent to an activating group) is 1. The highest BCUT2D eigenvalue weighted by atomic mass is 19.1. The van der Waals surface area contributed by atoms with Crippen molar-refractivity contribution in [3.63, 3.8) is 0 Å². The molecule has 0 spiro atoms. The van der Waals surface area contributed by atoms with Crippen LogP contribution in [0.15, 0.2) is 24.3 Å². The second-order valence-corrected chi connectivity index (χ2v) is 4.82. The van der Waals surface area contributed by atoms with E-state index in [1.54, 1.807) is 13.1 Å². The number of carbonyl (C=O) groups excluding carboxylic acids is 1. The number of benzene rings is 1. The van der Waals surface area contributed by atoms with Gasteiger partial charge in [-0.05, 0) is 31.2 Å². The van der Waals surface area contributed by atoms with E-state index in [-0.39, 0.29) is 12.5 Å². The number of aliphatic hydroxyl groups is 1. The lowest BCUT2D eigenvalue weighted by molar-refractivity contribution is 0.0252. The third-order valence-electron chi connectivity index (χ3n) is 3.17. The Labute approximate surface area is 105 Å².